The van der Waals surface area contributed by atoms with Crippen molar-refractivity contribution in [2.75, 3.05) is 5.32 Å². The number of hydrogen-bond donors (Lipinski definition) is 2. The number of aryl methyl sites for hydroxylation is 2. The number of nitrogens with one attached hydrogen (secondary N) is 1. The molecule has 1 unspecified atom stereocenters. The summed E-state index contributed by atoms with van der Waals surface area (Å²) >= 11 is 0. The Balaban J connectivity index is 1.69. The first-order valence-electron chi connectivity index (χ1n) is 8.19. The second kappa shape index (κ2) is 6.86. The fourth-order valence-corrected chi connectivity index (χ4v) is 2.97. The molecule has 6 nitrogen and oxygen atoms in total. The van der Waals surface area contributed by atoms with E-state index >= 15 is 0 Å². The van der Waals surface area contributed by atoms with Crippen LogP contribution in [0.1, 0.15) is 41.6 Å². The van der Waals surface area contributed by atoms with Crippen molar-refractivity contribution in [1.29, 1.82) is 0 Å². The van der Waals surface area contributed by atoms with Crippen LogP contribution in [0.15, 0.2) is 30.5 Å². The van der Waals surface area contributed by atoms with E-state index in [1.807, 2.05) is 18.3 Å². The summed E-state index contributed by atoms with van der Waals surface area (Å²) in [6.45, 7) is 3.10. The lowest BCUT2D eigenvalue weighted by molar-refractivity contribution is -0.136. The number of carbonyl (C=O) groups is 2. The number of nitrogens with zero attached hydrogens (tertiary/aromatic N) is 2. The molecule has 0 radical (unpaired) electrons. The number of anilines is 1. The Morgan fingerprint density at radius 1 is 1.42 bits per heavy atom. The zero-order chi connectivity index (χ0) is 17.1. The fraction of sp³-hybridized carbons (Fsp3) is 0.389. The van der Waals surface area contributed by atoms with Crippen LogP contribution in [0.25, 0.3) is 0 Å². The van der Waals surface area contributed by atoms with E-state index in [9.17, 15) is 9.59 Å². The number of rotatable bonds is 5. The van der Waals surface area contributed by atoms with Crippen molar-refractivity contribution in [2.45, 2.75) is 39.2 Å². The Labute approximate surface area is 140 Å². The second-order valence-electron chi connectivity index (χ2n) is 6.39. The third-order valence-corrected chi connectivity index (χ3v) is 4.27. The fourth-order valence-electron chi connectivity index (χ4n) is 2.97. The standard InChI is InChI=1S/C18H21N3O3/c1-12-5-7-16-20-15(11-21(16)10-12)18(24)19-14-4-2-3-13(9-14)6-8-17(22)23/h2-4,9,11-12H,5-8,10H2,1H3,(H,19,24)(H,22,23). The average molecular weight is 327 g/mol. The number of carbonyl (C=O) groups excluding carboxylic acids is 1. The van der Waals surface area contributed by atoms with Gasteiger partial charge in [0.15, 0.2) is 0 Å². The van der Waals surface area contributed by atoms with Gasteiger partial charge in [-0.15, -0.1) is 0 Å². The zero-order valence-electron chi connectivity index (χ0n) is 13.7. The van der Waals surface area contributed by atoms with Crippen molar-refractivity contribution in [3.8, 4) is 0 Å². The molecule has 3 rings (SSSR count). The van der Waals surface area contributed by atoms with Crippen molar-refractivity contribution in [2.24, 2.45) is 5.92 Å². The highest BCUT2D eigenvalue weighted by Crippen LogP contribution is 2.20. The van der Waals surface area contributed by atoms with Crippen molar-refractivity contribution >= 4 is 17.6 Å². The lowest BCUT2D eigenvalue weighted by Gasteiger charge is -2.19. The topological polar surface area (TPSA) is 84.2 Å². The Bertz CT molecular complexity index is 767. The van der Waals surface area contributed by atoms with Gasteiger partial charge in [-0.2, -0.15) is 0 Å². The lowest BCUT2D eigenvalue weighted by Crippen LogP contribution is -2.17. The molecular weight excluding hydrogens is 306 g/mol. The predicted molar refractivity (Wildman–Crippen MR) is 90.1 cm³/mol. The van der Waals surface area contributed by atoms with Gasteiger partial charge < -0.3 is 15.0 Å². The number of carboxylic acids is 1. The molecule has 0 fully saturated rings. The largest absolute Gasteiger partial charge is 0.481 e. The van der Waals surface area contributed by atoms with Crippen LogP contribution in [-0.4, -0.2) is 26.5 Å². The number of aromatic nitrogens is 2. The molecule has 0 aliphatic carbocycles. The maximum Gasteiger partial charge on any atom is 0.303 e. The van der Waals surface area contributed by atoms with Gasteiger partial charge in [0.1, 0.15) is 11.5 Å². The maximum absolute atomic E-state index is 12.4. The normalized spacial score (nSPS) is 16.5. The van der Waals surface area contributed by atoms with Gasteiger partial charge in [-0.05, 0) is 36.5 Å². The number of fused-ring (bicyclic) bond motifs is 1. The molecule has 2 heterocycles. The zero-order valence-corrected chi connectivity index (χ0v) is 13.7. The summed E-state index contributed by atoms with van der Waals surface area (Å²) in [5.74, 6) is 0.504. The Morgan fingerprint density at radius 3 is 3.04 bits per heavy atom. The minimum atomic E-state index is -0.831. The second-order valence-corrected chi connectivity index (χ2v) is 6.39. The molecule has 24 heavy (non-hydrogen) atoms. The third-order valence-electron chi connectivity index (χ3n) is 4.27. The van der Waals surface area contributed by atoms with Crippen molar-refractivity contribution < 1.29 is 14.7 Å². The van der Waals surface area contributed by atoms with Gasteiger partial charge >= 0.3 is 5.97 Å². The molecule has 6 heteroatoms. The molecule has 1 atom stereocenters. The Morgan fingerprint density at radius 2 is 2.25 bits per heavy atom. The summed E-state index contributed by atoms with van der Waals surface area (Å²) in [6.07, 6.45) is 4.33. The van der Waals surface area contributed by atoms with Gasteiger partial charge in [-0.3, -0.25) is 9.59 Å². The van der Waals surface area contributed by atoms with E-state index in [-0.39, 0.29) is 12.3 Å². The van der Waals surface area contributed by atoms with Crippen LogP contribution < -0.4 is 5.32 Å². The molecule has 0 saturated heterocycles. The first-order valence-corrected chi connectivity index (χ1v) is 8.19. The van der Waals surface area contributed by atoms with Crippen LogP contribution in [0, 0.1) is 5.92 Å². The van der Waals surface area contributed by atoms with E-state index < -0.39 is 5.97 Å². The van der Waals surface area contributed by atoms with Crippen LogP contribution in [0.3, 0.4) is 0 Å². The van der Waals surface area contributed by atoms with E-state index in [0.717, 1.165) is 30.8 Å². The number of carboxylic acid groups (broad SMARTS) is 1. The number of amides is 1. The molecule has 1 aromatic carbocycles. The number of aliphatic carboxylic acids is 1. The Kier molecular flexibility index (Phi) is 4.64. The van der Waals surface area contributed by atoms with Crippen molar-refractivity contribution in [1.82, 2.24) is 9.55 Å². The maximum atomic E-state index is 12.4. The van der Waals surface area contributed by atoms with Gasteiger partial charge in [-0.25, -0.2) is 4.98 Å². The summed E-state index contributed by atoms with van der Waals surface area (Å²) in [5, 5.41) is 11.6. The first kappa shape index (κ1) is 16.2. The molecule has 1 aromatic heterocycles. The van der Waals surface area contributed by atoms with Crippen LogP contribution in [0.4, 0.5) is 5.69 Å². The molecule has 2 N–H and O–H groups in total. The number of imidazole rings is 1. The van der Waals surface area contributed by atoms with Crippen LogP contribution >= 0.6 is 0 Å². The summed E-state index contributed by atoms with van der Waals surface area (Å²) in [6, 6.07) is 7.27. The predicted octanol–water partition coefficient (Wildman–Crippen LogP) is 2.73. The van der Waals surface area contributed by atoms with Gasteiger partial charge in [0.25, 0.3) is 5.91 Å². The van der Waals surface area contributed by atoms with Crippen molar-refractivity contribution in [3.05, 3.63) is 47.5 Å². The van der Waals surface area contributed by atoms with E-state index in [0.29, 0.717) is 23.7 Å². The van der Waals surface area contributed by atoms with Gasteiger partial charge in [0.2, 0.25) is 0 Å². The van der Waals surface area contributed by atoms with Gasteiger partial charge in [0, 0.05) is 31.3 Å². The van der Waals surface area contributed by atoms with Gasteiger partial charge in [-0.1, -0.05) is 19.1 Å². The van der Waals surface area contributed by atoms with E-state index in [1.54, 1.807) is 12.1 Å². The van der Waals surface area contributed by atoms with E-state index in [2.05, 4.69) is 21.8 Å². The van der Waals surface area contributed by atoms with E-state index in [4.69, 9.17) is 5.11 Å². The van der Waals surface area contributed by atoms with E-state index in [1.165, 1.54) is 0 Å². The molecule has 0 spiro atoms. The molecule has 1 amide bonds. The lowest BCUT2D eigenvalue weighted by atomic mass is 10.0. The quantitative estimate of drug-likeness (QED) is 0.884. The highest BCUT2D eigenvalue weighted by atomic mass is 16.4. The molecular formula is C18H21N3O3. The minimum Gasteiger partial charge on any atom is -0.481 e. The summed E-state index contributed by atoms with van der Waals surface area (Å²) < 4.78 is 2.06. The van der Waals surface area contributed by atoms with Crippen molar-refractivity contribution in [3.63, 3.8) is 0 Å². The molecule has 2 aromatic rings. The van der Waals surface area contributed by atoms with Crippen LogP contribution in [0.5, 0.6) is 0 Å². The molecule has 0 bridgehead atoms. The minimum absolute atomic E-state index is 0.0728. The monoisotopic (exact) mass is 327 g/mol. The first-order chi connectivity index (χ1) is 11.5. The van der Waals surface area contributed by atoms with Crippen LogP contribution in [0.2, 0.25) is 0 Å². The summed E-state index contributed by atoms with van der Waals surface area (Å²) in [5.41, 5.74) is 1.96. The van der Waals surface area contributed by atoms with Crippen LogP contribution in [-0.2, 0) is 24.2 Å². The number of benzene rings is 1. The molecule has 126 valence electrons. The molecule has 1 aliphatic heterocycles. The summed E-state index contributed by atoms with van der Waals surface area (Å²) in [7, 11) is 0. The summed E-state index contributed by atoms with van der Waals surface area (Å²) in [4.78, 5) is 27.5. The third kappa shape index (κ3) is 3.82. The highest BCUT2D eigenvalue weighted by Gasteiger charge is 2.20. The SMILES string of the molecule is CC1CCc2nc(C(=O)Nc3cccc(CCC(=O)O)c3)cn2C1. The molecule has 0 saturated carbocycles. The molecule has 1 aliphatic rings. The highest BCUT2D eigenvalue weighted by molar-refractivity contribution is 6.02. The Hall–Kier alpha value is -2.63. The van der Waals surface area contributed by atoms with Gasteiger partial charge in [0.05, 0.1) is 0 Å². The number of hydrogen-bond acceptors (Lipinski definition) is 3. The smallest absolute Gasteiger partial charge is 0.303 e. The average Bonchev–Trinajstić information content (AvgIpc) is 2.96.